The predicted molar refractivity (Wildman–Crippen MR) is 130 cm³/mol. The normalized spacial score (nSPS) is 15.3. The highest BCUT2D eigenvalue weighted by atomic mass is 16.2. The Morgan fingerprint density at radius 1 is 0.879 bits per heavy atom. The Kier molecular flexibility index (Phi) is 7.86. The van der Waals surface area contributed by atoms with Gasteiger partial charge < -0.3 is 5.32 Å². The number of piperazine rings is 1. The molecule has 174 valence electrons. The average molecular weight is 447 g/mol. The van der Waals surface area contributed by atoms with Crippen molar-refractivity contribution in [1.29, 1.82) is 0 Å². The molecule has 1 fully saturated rings. The van der Waals surface area contributed by atoms with Gasteiger partial charge in [0.2, 0.25) is 0 Å². The molecule has 2 heterocycles. The van der Waals surface area contributed by atoms with Crippen molar-refractivity contribution in [2.45, 2.75) is 32.4 Å². The summed E-state index contributed by atoms with van der Waals surface area (Å²) >= 11 is 0. The largest absolute Gasteiger partial charge is 0.348 e. The molecule has 0 atom stereocenters. The number of carbonyl (C=O) groups is 1. The van der Waals surface area contributed by atoms with E-state index in [9.17, 15) is 4.79 Å². The van der Waals surface area contributed by atoms with Crippen LogP contribution in [0.4, 0.5) is 0 Å². The molecule has 1 aliphatic rings. The monoisotopic (exact) mass is 446 g/mol. The lowest BCUT2D eigenvalue weighted by Gasteiger charge is -2.36. The summed E-state index contributed by atoms with van der Waals surface area (Å²) in [5.41, 5.74) is 3.12. The van der Waals surface area contributed by atoms with E-state index in [1.165, 1.54) is 11.1 Å². The maximum Gasteiger partial charge on any atom is 0.273 e. The molecule has 2 aromatic carbocycles. The van der Waals surface area contributed by atoms with E-state index >= 15 is 0 Å². The second kappa shape index (κ2) is 11.2. The molecule has 0 spiro atoms. The molecule has 1 N–H and O–H groups in total. The zero-order chi connectivity index (χ0) is 23.0. The number of benzene rings is 2. The first-order chi connectivity index (χ1) is 16.1. The van der Waals surface area contributed by atoms with Crippen LogP contribution in [0.3, 0.4) is 0 Å². The van der Waals surface area contributed by atoms with Gasteiger partial charge in [0.15, 0.2) is 5.69 Å². The third kappa shape index (κ3) is 6.49. The lowest BCUT2D eigenvalue weighted by molar-refractivity contribution is 0.0938. The summed E-state index contributed by atoms with van der Waals surface area (Å²) in [6, 6.07) is 21.7. The molecular formula is C26H34N6O. The molecule has 1 saturated heterocycles. The molecule has 4 rings (SSSR count). The highest BCUT2D eigenvalue weighted by molar-refractivity contribution is 5.91. The van der Waals surface area contributed by atoms with E-state index in [0.717, 1.165) is 45.8 Å². The second-order valence-corrected chi connectivity index (χ2v) is 9.01. The van der Waals surface area contributed by atoms with Crippen molar-refractivity contribution < 1.29 is 4.79 Å². The lowest BCUT2D eigenvalue weighted by atomic mass is 9.90. The van der Waals surface area contributed by atoms with E-state index in [4.69, 9.17) is 0 Å². The van der Waals surface area contributed by atoms with Gasteiger partial charge in [0.1, 0.15) is 0 Å². The van der Waals surface area contributed by atoms with Gasteiger partial charge in [-0.2, -0.15) is 0 Å². The molecule has 0 unspecified atom stereocenters. The van der Waals surface area contributed by atoms with Crippen molar-refractivity contribution in [1.82, 2.24) is 30.1 Å². The standard InChI is InChI=1S/C26H34N6O/c1-21(2)27-26(33)25-20-32(29-28-25)18-17-30-13-15-31(16-14-30)19-24(22-9-5-3-6-10-22)23-11-7-4-8-12-23/h3-12,20-21,24H,13-19H2,1-2H3,(H,27,33). The first-order valence-electron chi connectivity index (χ1n) is 11.8. The van der Waals surface area contributed by atoms with Crippen LogP contribution in [0.25, 0.3) is 0 Å². The first-order valence-corrected chi connectivity index (χ1v) is 11.8. The first kappa shape index (κ1) is 23.1. The van der Waals surface area contributed by atoms with Gasteiger partial charge in [0.05, 0.1) is 12.7 Å². The summed E-state index contributed by atoms with van der Waals surface area (Å²) in [7, 11) is 0. The smallest absolute Gasteiger partial charge is 0.273 e. The number of nitrogens with zero attached hydrogens (tertiary/aromatic N) is 5. The average Bonchev–Trinajstić information content (AvgIpc) is 3.32. The Balaban J connectivity index is 1.28. The highest BCUT2D eigenvalue weighted by Crippen LogP contribution is 2.26. The van der Waals surface area contributed by atoms with E-state index in [2.05, 4.69) is 86.1 Å². The summed E-state index contributed by atoms with van der Waals surface area (Å²) in [6.45, 7) is 10.7. The van der Waals surface area contributed by atoms with Crippen LogP contribution in [0.15, 0.2) is 66.9 Å². The van der Waals surface area contributed by atoms with Crippen LogP contribution in [0.2, 0.25) is 0 Å². The number of carbonyl (C=O) groups excluding carboxylic acids is 1. The van der Waals surface area contributed by atoms with Crippen molar-refractivity contribution in [2.24, 2.45) is 0 Å². The molecule has 1 aromatic heterocycles. The third-order valence-electron chi connectivity index (χ3n) is 6.15. The molecule has 7 nitrogen and oxygen atoms in total. The Morgan fingerprint density at radius 2 is 1.45 bits per heavy atom. The molecule has 0 bridgehead atoms. The zero-order valence-corrected chi connectivity index (χ0v) is 19.6. The fraction of sp³-hybridized carbons (Fsp3) is 0.423. The summed E-state index contributed by atoms with van der Waals surface area (Å²) < 4.78 is 1.77. The van der Waals surface area contributed by atoms with Gasteiger partial charge in [-0.3, -0.25) is 19.3 Å². The van der Waals surface area contributed by atoms with Gasteiger partial charge >= 0.3 is 0 Å². The van der Waals surface area contributed by atoms with Crippen LogP contribution in [0.5, 0.6) is 0 Å². The van der Waals surface area contributed by atoms with Gasteiger partial charge in [-0.25, -0.2) is 0 Å². The van der Waals surface area contributed by atoms with Crippen LogP contribution in [-0.4, -0.2) is 76.0 Å². The lowest BCUT2D eigenvalue weighted by Crippen LogP contribution is -2.48. The van der Waals surface area contributed by atoms with Crippen molar-refractivity contribution in [2.75, 3.05) is 39.3 Å². The van der Waals surface area contributed by atoms with E-state index in [0.29, 0.717) is 11.6 Å². The SMILES string of the molecule is CC(C)NC(=O)c1cn(CCN2CCN(CC(c3ccccc3)c3ccccc3)CC2)nn1. The van der Waals surface area contributed by atoms with Crippen molar-refractivity contribution >= 4 is 5.91 Å². The van der Waals surface area contributed by atoms with E-state index < -0.39 is 0 Å². The van der Waals surface area contributed by atoms with E-state index in [1.807, 2.05) is 13.8 Å². The molecule has 0 radical (unpaired) electrons. The van der Waals surface area contributed by atoms with Gasteiger partial charge in [0, 0.05) is 51.2 Å². The molecular weight excluding hydrogens is 412 g/mol. The van der Waals surface area contributed by atoms with Crippen LogP contribution in [0.1, 0.15) is 41.4 Å². The van der Waals surface area contributed by atoms with Crippen molar-refractivity contribution in [3.05, 3.63) is 83.7 Å². The number of hydrogen-bond donors (Lipinski definition) is 1. The molecule has 3 aromatic rings. The molecule has 1 amide bonds. The van der Waals surface area contributed by atoms with Gasteiger partial charge in [-0.05, 0) is 25.0 Å². The minimum atomic E-state index is -0.170. The Morgan fingerprint density at radius 3 is 2.03 bits per heavy atom. The summed E-state index contributed by atoms with van der Waals surface area (Å²) in [4.78, 5) is 17.1. The molecule has 0 aliphatic carbocycles. The fourth-order valence-electron chi connectivity index (χ4n) is 4.32. The summed E-state index contributed by atoms with van der Waals surface area (Å²) in [6.07, 6.45) is 1.73. The van der Waals surface area contributed by atoms with E-state index in [1.54, 1.807) is 10.9 Å². The fourth-order valence-corrected chi connectivity index (χ4v) is 4.32. The minimum Gasteiger partial charge on any atom is -0.348 e. The molecule has 1 aliphatic heterocycles. The van der Waals surface area contributed by atoms with Crippen molar-refractivity contribution in [3.8, 4) is 0 Å². The number of amides is 1. The van der Waals surface area contributed by atoms with E-state index in [-0.39, 0.29) is 11.9 Å². The van der Waals surface area contributed by atoms with Crippen molar-refractivity contribution in [3.63, 3.8) is 0 Å². The molecule has 0 saturated carbocycles. The second-order valence-electron chi connectivity index (χ2n) is 9.01. The predicted octanol–water partition coefficient (Wildman–Crippen LogP) is 2.87. The highest BCUT2D eigenvalue weighted by Gasteiger charge is 2.22. The van der Waals surface area contributed by atoms with Gasteiger partial charge in [-0.15, -0.1) is 5.10 Å². The number of hydrogen-bond acceptors (Lipinski definition) is 5. The number of nitrogens with one attached hydrogen (secondary N) is 1. The zero-order valence-electron chi connectivity index (χ0n) is 19.6. The summed E-state index contributed by atoms with van der Waals surface area (Å²) in [5.74, 6) is 0.209. The Labute approximate surface area is 196 Å². The summed E-state index contributed by atoms with van der Waals surface area (Å²) in [5, 5.41) is 11.0. The maximum absolute atomic E-state index is 12.1. The molecule has 33 heavy (non-hydrogen) atoms. The molecule has 7 heteroatoms. The Bertz CT molecular complexity index is 956. The number of rotatable bonds is 9. The van der Waals surface area contributed by atoms with Gasteiger partial charge in [-0.1, -0.05) is 65.9 Å². The van der Waals surface area contributed by atoms with Crippen LogP contribution >= 0.6 is 0 Å². The maximum atomic E-state index is 12.1. The van der Waals surface area contributed by atoms with Crippen LogP contribution < -0.4 is 5.32 Å². The topological polar surface area (TPSA) is 66.3 Å². The van der Waals surface area contributed by atoms with Gasteiger partial charge in [0.25, 0.3) is 5.91 Å². The van der Waals surface area contributed by atoms with Crippen LogP contribution in [0, 0.1) is 0 Å². The minimum absolute atomic E-state index is 0.0855. The third-order valence-corrected chi connectivity index (χ3v) is 6.15. The quantitative estimate of drug-likeness (QED) is 0.548. The Hall–Kier alpha value is -3.03. The van der Waals surface area contributed by atoms with Crippen LogP contribution in [-0.2, 0) is 6.54 Å². The number of aromatic nitrogens is 3.